The maximum absolute atomic E-state index is 14.2. The molecule has 2 amide bonds. The Kier molecular flexibility index (Phi) is 7.67. The predicted molar refractivity (Wildman–Crippen MR) is 101 cm³/mol. The molecule has 1 aliphatic rings. The summed E-state index contributed by atoms with van der Waals surface area (Å²) in [6, 6.07) is 3.93. The van der Waals surface area contributed by atoms with Crippen LogP contribution in [0, 0.1) is 11.6 Å². The first kappa shape index (κ1) is 23.0. The van der Waals surface area contributed by atoms with Crippen LogP contribution in [0.25, 0.3) is 0 Å². The molecule has 0 aliphatic heterocycles. The standard InChI is InChI=1S/C17H15F4N5O2.C2H6/c18-11-4-1-3-10(12(11)19)17(5-2-6-17)24-16-22-7-9(8-23-16)14(27)25-26-15(28)13(20)21;1-2/h1,3-4,7-8,13H,2,5-6H2,(H,25,27)(H,26,28)(H,22,23,24);1-2H3. The number of nitrogens with zero attached hydrogens (tertiary/aromatic N) is 2. The predicted octanol–water partition coefficient (Wildman–Crippen LogP) is 3.30. The topological polar surface area (TPSA) is 96.0 Å². The Morgan fingerprint density at radius 1 is 1.07 bits per heavy atom. The van der Waals surface area contributed by atoms with E-state index in [1.54, 1.807) is 10.9 Å². The Labute approximate surface area is 170 Å². The van der Waals surface area contributed by atoms with E-state index in [1.807, 2.05) is 13.8 Å². The van der Waals surface area contributed by atoms with Crippen LogP contribution in [0.2, 0.25) is 0 Å². The zero-order chi connectivity index (χ0) is 22.3. The highest BCUT2D eigenvalue weighted by molar-refractivity contribution is 5.95. The molecular formula is C19H21F4N5O2. The van der Waals surface area contributed by atoms with Crippen molar-refractivity contribution < 1.29 is 27.2 Å². The number of halogens is 4. The van der Waals surface area contributed by atoms with E-state index >= 15 is 0 Å². The van der Waals surface area contributed by atoms with E-state index in [1.165, 1.54) is 12.1 Å². The van der Waals surface area contributed by atoms with E-state index in [-0.39, 0.29) is 17.1 Å². The van der Waals surface area contributed by atoms with Gasteiger partial charge in [-0.25, -0.2) is 18.7 Å². The molecule has 3 N–H and O–H groups in total. The largest absolute Gasteiger partial charge is 0.345 e. The molecule has 0 radical (unpaired) electrons. The van der Waals surface area contributed by atoms with E-state index in [2.05, 4.69) is 15.3 Å². The van der Waals surface area contributed by atoms with Gasteiger partial charge in [-0.3, -0.25) is 20.4 Å². The van der Waals surface area contributed by atoms with E-state index in [0.29, 0.717) is 12.8 Å². The van der Waals surface area contributed by atoms with Crippen LogP contribution in [0.3, 0.4) is 0 Å². The number of aromatic nitrogens is 2. The lowest BCUT2D eigenvalue weighted by atomic mass is 9.71. The van der Waals surface area contributed by atoms with Gasteiger partial charge in [0.05, 0.1) is 11.1 Å². The zero-order valence-electron chi connectivity index (χ0n) is 16.3. The highest BCUT2D eigenvalue weighted by atomic mass is 19.3. The molecule has 30 heavy (non-hydrogen) atoms. The van der Waals surface area contributed by atoms with Crippen LogP contribution in [-0.2, 0) is 10.3 Å². The average Bonchev–Trinajstić information content (AvgIpc) is 2.72. The number of hydrogen-bond donors (Lipinski definition) is 3. The molecule has 1 saturated carbocycles. The van der Waals surface area contributed by atoms with Gasteiger partial charge < -0.3 is 5.32 Å². The molecule has 1 aromatic carbocycles. The van der Waals surface area contributed by atoms with Crippen molar-refractivity contribution in [2.75, 3.05) is 5.32 Å². The van der Waals surface area contributed by atoms with Crippen LogP contribution >= 0.6 is 0 Å². The molecule has 1 fully saturated rings. The Hall–Kier alpha value is -3.24. The summed E-state index contributed by atoms with van der Waals surface area (Å²) >= 11 is 0. The summed E-state index contributed by atoms with van der Waals surface area (Å²) in [5.74, 6) is -4.37. The fraction of sp³-hybridized carbons (Fsp3) is 0.368. The number of hydrazine groups is 1. The van der Waals surface area contributed by atoms with Crippen molar-refractivity contribution in [1.29, 1.82) is 0 Å². The maximum Gasteiger partial charge on any atom is 0.317 e. The summed E-state index contributed by atoms with van der Waals surface area (Å²) in [6.45, 7) is 4.00. The van der Waals surface area contributed by atoms with Gasteiger partial charge in [-0.05, 0) is 25.3 Å². The summed E-state index contributed by atoms with van der Waals surface area (Å²) in [4.78, 5) is 30.4. The summed E-state index contributed by atoms with van der Waals surface area (Å²) in [5.41, 5.74) is 2.56. The summed E-state index contributed by atoms with van der Waals surface area (Å²) in [6.07, 6.45) is 0.816. The molecular weight excluding hydrogens is 406 g/mol. The molecule has 0 atom stereocenters. The van der Waals surface area contributed by atoms with Crippen molar-refractivity contribution in [3.05, 3.63) is 53.4 Å². The van der Waals surface area contributed by atoms with Crippen molar-refractivity contribution in [2.45, 2.75) is 45.1 Å². The molecule has 1 aliphatic carbocycles. The highest BCUT2D eigenvalue weighted by Gasteiger charge is 2.41. The smallest absolute Gasteiger partial charge is 0.317 e. The first-order chi connectivity index (χ1) is 14.3. The lowest BCUT2D eigenvalue weighted by Crippen LogP contribution is -2.44. The van der Waals surface area contributed by atoms with Crippen molar-refractivity contribution in [3.63, 3.8) is 0 Å². The fourth-order valence-corrected chi connectivity index (χ4v) is 2.83. The molecule has 0 saturated heterocycles. The van der Waals surface area contributed by atoms with Gasteiger partial charge in [0.1, 0.15) is 0 Å². The molecule has 2 aromatic rings. The number of benzene rings is 1. The Bertz CT molecular complexity index is 889. The van der Waals surface area contributed by atoms with Gasteiger partial charge in [0.25, 0.3) is 5.91 Å². The van der Waals surface area contributed by atoms with Crippen LogP contribution in [-0.4, -0.2) is 28.2 Å². The first-order valence-corrected chi connectivity index (χ1v) is 9.25. The number of rotatable bonds is 5. The first-order valence-electron chi connectivity index (χ1n) is 9.25. The van der Waals surface area contributed by atoms with Crippen LogP contribution in [0.4, 0.5) is 23.5 Å². The van der Waals surface area contributed by atoms with Crippen molar-refractivity contribution in [1.82, 2.24) is 20.8 Å². The minimum atomic E-state index is -3.27. The van der Waals surface area contributed by atoms with Gasteiger partial charge in [-0.15, -0.1) is 0 Å². The molecule has 0 bridgehead atoms. The third kappa shape index (κ3) is 5.02. The molecule has 1 heterocycles. The van der Waals surface area contributed by atoms with E-state index < -0.39 is 35.4 Å². The third-order valence-electron chi connectivity index (χ3n) is 4.44. The van der Waals surface area contributed by atoms with Gasteiger partial charge in [-0.1, -0.05) is 26.0 Å². The Morgan fingerprint density at radius 3 is 2.23 bits per heavy atom. The number of hydrogen-bond acceptors (Lipinski definition) is 5. The third-order valence-corrected chi connectivity index (χ3v) is 4.44. The number of anilines is 1. The molecule has 1 aromatic heterocycles. The second-order valence-electron chi connectivity index (χ2n) is 6.20. The Morgan fingerprint density at radius 2 is 1.70 bits per heavy atom. The summed E-state index contributed by atoms with van der Waals surface area (Å²) in [7, 11) is 0. The molecule has 7 nitrogen and oxygen atoms in total. The molecule has 11 heteroatoms. The second kappa shape index (κ2) is 9.99. The van der Waals surface area contributed by atoms with Crippen molar-refractivity contribution in [3.8, 4) is 0 Å². The molecule has 162 valence electrons. The van der Waals surface area contributed by atoms with Crippen LogP contribution < -0.4 is 16.2 Å². The zero-order valence-corrected chi connectivity index (χ0v) is 16.3. The van der Waals surface area contributed by atoms with Gasteiger partial charge in [0.15, 0.2) is 11.6 Å². The fourth-order valence-electron chi connectivity index (χ4n) is 2.83. The number of amides is 2. The minimum Gasteiger partial charge on any atom is -0.345 e. The van der Waals surface area contributed by atoms with Gasteiger partial charge in [0, 0.05) is 18.0 Å². The number of carbonyl (C=O) groups excluding carboxylic acids is 2. The lowest BCUT2D eigenvalue weighted by molar-refractivity contribution is -0.132. The monoisotopic (exact) mass is 427 g/mol. The maximum atomic E-state index is 14.2. The molecule has 0 spiro atoms. The number of alkyl halides is 2. The average molecular weight is 427 g/mol. The highest BCUT2D eigenvalue weighted by Crippen LogP contribution is 2.44. The Balaban J connectivity index is 0.00000155. The second-order valence-corrected chi connectivity index (χ2v) is 6.20. The SMILES string of the molecule is CC.O=C(NNC(=O)C(F)F)c1cnc(NC2(c3cccc(F)c3F)CCC2)nc1. The lowest BCUT2D eigenvalue weighted by Gasteiger charge is -2.43. The molecule has 0 unspecified atom stereocenters. The number of carbonyl (C=O) groups is 2. The van der Waals surface area contributed by atoms with Crippen LogP contribution in [0.5, 0.6) is 0 Å². The van der Waals surface area contributed by atoms with Gasteiger partial charge >= 0.3 is 12.3 Å². The summed E-state index contributed by atoms with van der Waals surface area (Å²) in [5, 5.41) is 2.98. The van der Waals surface area contributed by atoms with Gasteiger partial charge in [-0.2, -0.15) is 8.78 Å². The van der Waals surface area contributed by atoms with Crippen molar-refractivity contribution in [2.24, 2.45) is 0 Å². The van der Waals surface area contributed by atoms with Crippen LogP contribution in [0.15, 0.2) is 30.6 Å². The normalized spacial score (nSPS) is 14.1. The van der Waals surface area contributed by atoms with Crippen molar-refractivity contribution >= 4 is 17.8 Å². The van der Waals surface area contributed by atoms with Gasteiger partial charge in [0.2, 0.25) is 5.95 Å². The minimum absolute atomic E-state index is 0.0801. The van der Waals surface area contributed by atoms with Crippen LogP contribution in [0.1, 0.15) is 49.0 Å². The quantitative estimate of drug-likeness (QED) is 0.503. The van der Waals surface area contributed by atoms with E-state index in [0.717, 1.165) is 24.9 Å². The van der Waals surface area contributed by atoms with E-state index in [4.69, 9.17) is 0 Å². The summed E-state index contributed by atoms with van der Waals surface area (Å²) < 4.78 is 51.9. The number of nitrogens with one attached hydrogen (secondary N) is 3. The molecule has 3 rings (SSSR count). The van der Waals surface area contributed by atoms with E-state index in [9.17, 15) is 27.2 Å².